The van der Waals surface area contributed by atoms with Gasteiger partial charge in [0.2, 0.25) is 5.91 Å². The summed E-state index contributed by atoms with van der Waals surface area (Å²) in [6, 6.07) is 14.5. The van der Waals surface area contributed by atoms with Crippen LogP contribution in [0.2, 0.25) is 0 Å². The number of hydrogen-bond acceptors (Lipinski definition) is 5. The Morgan fingerprint density at radius 1 is 1.22 bits per heavy atom. The van der Waals surface area contributed by atoms with Gasteiger partial charge in [-0.15, -0.1) is 0 Å². The highest BCUT2D eigenvalue weighted by Gasteiger charge is 2.37. The summed E-state index contributed by atoms with van der Waals surface area (Å²) >= 11 is 0. The molecule has 7 nitrogen and oxygen atoms in total. The van der Waals surface area contributed by atoms with Crippen molar-refractivity contribution in [1.29, 1.82) is 5.41 Å². The highest BCUT2D eigenvalue weighted by molar-refractivity contribution is 6.37. The Balaban J connectivity index is 0.000000208. The number of nitrogens with two attached hydrogens (primary N) is 1. The van der Waals surface area contributed by atoms with Crippen LogP contribution in [0.15, 0.2) is 66.2 Å². The summed E-state index contributed by atoms with van der Waals surface area (Å²) in [4.78, 5) is 17.5. The number of nitrogens with zero attached hydrogens (tertiary/aromatic N) is 4. The van der Waals surface area contributed by atoms with Crippen molar-refractivity contribution in [2.45, 2.75) is 45.7 Å². The van der Waals surface area contributed by atoms with Crippen molar-refractivity contribution in [2.75, 3.05) is 11.4 Å². The molecule has 37 heavy (non-hydrogen) atoms. The minimum Gasteiger partial charge on any atom is -0.323 e. The predicted molar refractivity (Wildman–Crippen MR) is 139 cm³/mol. The molecule has 0 spiro atoms. The Morgan fingerprint density at radius 2 is 1.92 bits per heavy atom. The first kappa shape index (κ1) is 27.6. The number of nitrogens with one attached hydrogen (secondary N) is 1. The molecule has 1 amide bonds. The van der Waals surface area contributed by atoms with E-state index in [0.29, 0.717) is 30.7 Å². The fourth-order valence-corrected chi connectivity index (χ4v) is 4.27. The summed E-state index contributed by atoms with van der Waals surface area (Å²) in [5.41, 5.74) is 4.49. The molecular formula is C27H31F3N6O. The fourth-order valence-electron chi connectivity index (χ4n) is 4.27. The van der Waals surface area contributed by atoms with E-state index >= 15 is 0 Å². The molecule has 196 valence electrons. The smallest absolute Gasteiger partial charge is 0.323 e. The molecule has 3 aromatic rings. The number of halogens is 3. The van der Waals surface area contributed by atoms with E-state index in [9.17, 15) is 18.0 Å². The summed E-state index contributed by atoms with van der Waals surface area (Å²) in [6.45, 7) is 2.58. The van der Waals surface area contributed by atoms with Crippen LogP contribution in [0.3, 0.4) is 0 Å². The van der Waals surface area contributed by atoms with Crippen LogP contribution >= 0.6 is 0 Å². The molecule has 4 rings (SSSR count). The van der Waals surface area contributed by atoms with Crippen LogP contribution in [0.25, 0.3) is 5.69 Å². The van der Waals surface area contributed by atoms with Gasteiger partial charge in [0, 0.05) is 35.3 Å². The standard InChI is InChI=1S/C15H18F3NO.C12H13N5/c1-2-11-7-5-8-12-6-3-4-9-13(12)19(14(11)20)10-15(16,17)18;1-9-7-17(8-15-9)11-4-2-10(3-5-11)12(6-13)16-14/h3-4,6,9,11H,2,5,7-8,10H2,1H3;2-8,13H,14H2,1H3/b;13-6?,16-12+/t11-;/m0./s1. The molecule has 2 heterocycles. The maximum Gasteiger partial charge on any atom is 0.406 e. The average molecular weight is 513 g/mol. The molecule has 1 aromatic heterocycles. The molecule has 2 aromatic carbocycles. The van der Waals surface area contributed by atoms with Gasteiger partial charge in [-0.25, -0.2) is 4.98 Å². The molecule has 1 aliphatic rings. The predicted octanol–water partition coefficient (Wildman–Crippen LogP) is 5.44. The van der Waals surface area contributed by atoms with Gasteiger partial charge >= 0.3 is 6.18 Å². The second kappa shape index (κ2) is 12.3. The minimum atomic E-state index is -4.39. The quantitative estimate of drug-likeness (QED) is 0.271. The van der Waals surface area contributed by atoms with Gasteiger partial charge in [-0.1, -0.05) is 37.3 Å². The van der Waals surface area contributed by atoms with E-state index in [1.54, 1.807) is 30.6 Å². The zero-order valence-corrected chi connectivity index (χ0v) is 20.9. The summed E-state index contributed by atoms with van der Waals surface area (Å²) in [7, 11) is 0. The van der Waals surface area contributed by atoms with E-state index in [-0.39, 0.29) is 5.92 Å². The second-order valence-electron chi connectivity index (χ2n) is 8.79. The number of para-hydroxylation sites is 1. The Labute approximate surface area is 214 Å². The van der Waals surface area contributed by atoms with Gasteiger partial charge in [0.15, 0.2) is 0 Å². The number of rotatable bonds is 5. The first-order valence-electron chi connectivity index (χ1n) is 12.0. The number of alkyl halides is 3. The maximum absolute atomic E-state index is 12.8. The number of carbonyl (C=O) groups is 1. The van der Waals surface area contributed by atoms with Crippen LogP contribution in [-0.2, 0) is 11.2 Å². The topological polar surface area (TPSA) is 100 Å². The van der Waals surface area contributed by atoms with Crippen LogP contribution in [0.4, 0.5) is 18.9 Å². The van der Waals surface area contributed by atoms with Gasteiger partial charge in [-0.05, 0) is 56.4 Å². The Kier molecular flexibility index (Phi) is 9.21. The molecule has 1 atom stereocenters. The summed E-state index contributed by atoms with van der Waals surface area (Å²) in [5.74, 6) is 4.47. The minimum absolute atomic E-state index is 0.314. The number of imidazole rings is 1. The molecule has 0 saturated carbocycles. The van der Waals surface area contributed by atoms with Crippen molar-refractivity contribution < 1.29 is 18.0 Å². The largest absolute Gasteiger partial charge is 0.406 e. The van der Waals surface area contributed by atoms with Crippen LogP contribution < -0.4 is 10.7 Å². The van der Waals surface area contributed by atoms with Gasteiger partial charge in [-0.3, -0.25) is 4.79 Å². The van der Waals surface area contributed by atoms with E-state index in [1.165, 1.54) is 0 Å². The number of fused-ring (bicyclic) bond motifs is 1. The number of carbonyl (C=O) groups excluding carboxylic acids is 1. The van der Waals surface area contributed by atoms with Crippen LogP contribution in [0, 0.1) is 18.3 Å². The third-order valence-corrected chi connectivity index (χ3v) is 6.18. The first-order valence-corrected chi connectivity index (χ1v) is 12.0. The van der Waals surface area contributed by atoms with Gasteiger partial charge in [0.05, 0.1) is 12.0 Å². The SMILES string of the molecule is CC[C@H]1CCCc2ccccc2N(CC(F)(F)F)C1=O.Cc1cn(-c2ccc(/C(C=N)=N/N)cc2)cn1. The normalized spacial score (nSPS) is 16.2. The lowest BCUT2D eigenvalue weighted by molar-refractivity contribution is -0.135. The lowest BCUT2D eigenvalue weighted by Crippen LogP contribution is -2.43. The van der Waals surface area contributed by atoms with Crippen molar-refractivity contribution >= 4 is 23.5 Å². The van der Waals surface area contributed by atoms with Crippen molar-refractivity contribution in [1.82, 2.24) is 9.55 Å². The molecule has 1 aliphatic heterocycles. The van der Waals surface area contributed by atoms with Crippen LogP contribution in [0.5, 0.6) is 0 Å². The molecule has 0 unspecified atom stereocenters. The highest BCUT2D eigenvalue weighted by Crippen LogP contribution is 2.32. The maximum atomic E-state index is 12.8. The third-order valence-electron chi connectivity index (χ3n) is 6.18. The Morgan fingerprint density at radius 3 is 2.49 bits per heavy atom. The Hall–Kier alpha value is -3.95. The van der Waals surface area contributed by atoms with Gasteiger partial charge in [0.25, 0.3) is 0 Å². The number of aryl methyl sites for hydroxylation is 2. The van der Waals surface area contributed by atoms with Gasteiger partial charge in [0.1, 0.15) is 12.3 Å². The van der Waals surface area contributed by atoms with E-state index < -0.39 is 18.6 Å². The summed E-state index contributed by atoms with van der Waals surface area (Å²) < 4.78 is 40.3. The molecule has 10 heteroatoms. The van der Waals surface area contributed by atoms with Gasteiger partial charge < -0.3 is 20.7 Å². The van der Waals surface area contributed by atoms with Crippen LogP contribution in [-0.4, -0.2) is 40.1 Å². The number of benzene rings is 2. The van der Waals surface area contributed by atoms with E-state index in [2.05, 4.69) is 10.1 Å². The molecule has 3 N–H and O–H groups in total. The van der Waals surface area contributed by atoms with E-state index in [1.807, 2.05) is 48.9 Å². The molecule has 0 saturated heterocycles. The molecular weight excluding hydrogens is 481 g/mol. The second-order valence-corrected chi connectivity index (χ2v) is 8.79. The van der Waals surface area contributed by atoms with Crippen molar-refractivity contribution in [3.8, 4) is 5.69 Å². The zero-order chi connectivity index (χ0) is 27.0. The number of hydrogen-bond donors (Lipinski definition) is 2. The van der Waals surface area contributed by atoms with Crippen molar-refractivity contribution in [2.24, 2.45) is 16.9 Å². The van der Waals surface area contributed by atoms with Crippen molar-refractivity contribution in [3.63, 3.8) is 0 Å². The number of aromatic nitrogens is 2. The van der Waals surface area contributed by atoms with Crippen LogP contribution in [0.1, 0.15) is 43.0 Å². The highest BCUT2D eigenvalue weighted by atomic mass is 19.4. The summed E-state index contributed by atoms with van der Waals surface area (Å²) in [5, 5.41) is 10.7. The number of hydrazone groups is 1. The summed E-state index contributed by atoms with van der Waals surface area (Å²) in [6.07, 6.45) is 3.24. The number of amides is 1. The average Bonchev–Trinajstić information content (AvgIpc) is 3.32. The molecule has 0 aliphatic carbocycles. The monoisotopic (exact) mass is 512 g/mol. The Bertz CT molecular complexity index is 1230. The van der Waals surface area contributed by atoms with E-state index in [0.717, 1.165) is 40.0 Å². The third kappa shape index (κ3) is 7.28. The fraction of sp³-hybridized carbons (Fsp3) is 0.333. The lowest BCUT2D eigenvalue weighted by Gasteiger charge is -2.31. The zero-order valence-electron chi connectivity index (χ0n) is 20.9. The first-order chi connectivity index (χ1) is 17.7. The molecule has 0 radical (unpaired) electrons. The molecule has 0 fully saturated rings. The molecule has 0 bridgehead atoms. The van der Waals surface area contributed by atoms with Gasteiger partial charge in [-0.2, -0.15) is 18.3 Å². The van der Waals surface area contributed by atoms with E-state index in [4.69, 9.17) is 11.3 Å². The number of anilines is 1. The van der Waals surface area contributed by atoms with Crippen molar-refractivity contribution in [3.05, 3.63) is 77.9 Å². The lowest BCUT2D eigenvalue weighted by atomic mass is 9.92.